The van der Waals surface area contributed by atoms with E-state index >= 15 is 0 Å². The first-order valence-corrected chi connectivity index (χ1v) is 7.17. The Morgan fingerprint density at radius 1 is 1.30 bits per heavy atom. The Hall–Kier alpha value is -1.85. The number of anilines is 1. The summed E-state index contributed by atoms with van der Waals surface area (Å²) in [6.45, 7) is 8.69. The number of hydrogen-bond donors (Lipinski definition) is 1. The van der Waals surface area contributed by atoms with Crippen LogP contribution >= 0.6 is 0 Å². The maximum Gasteiger partial charge on any atom is 0.224 e. The van der Waals surface area contributed by atoms with E-state index in [0.717, 1.165) is 19.5 Å². The normalized spacial score (nSPS) is 10.2. The van der Waals surface area contributed by atoms with Gasteiger partial charge in [0.25, 0.3) is 0 Å². The van der Waals surface area contributed by atoms with Gasteiger partial charge in [-0.15, -0.1) is 0 Å². The Labute approximate surface area is 120 Å². The summed E-state index contributed by atoms with van der Waals surface area (Å²) in [6.07, 6.45) is 2.85. The number of carbonyl (C=O) groups excluding carboxylic acids is 1. The lowest BCUT2D eigenvalue weighted by molar-refractivity contribution is -0.130. The number of amides is 1. The fourth-order valence-corrected chi connectivity index (χ4v) is 1.75. The Kier molecular flexibility index (Phi) is 7.39. The van der Waals surface area contributed by atoms with Crippen molar-refractivity contribution in [2.24, 2.45) is 0 Å². The third kappa shape index (κ3) is 5.42. The van der Waals surface area contributed by atoms with Crippen molar-refractivity contribution in [3.63, 3.8) is 0 Å². The molecule has 0 aliphatic carbocycles. The number of nitrogens with zero attached hydrogens (tertiary/aromatic N) is 3. The van der Waals surface area contributed by atoms with Crippen LogP contribution in [0.25, 0.3) is 0 Å². The first-order valence-electron chi connectivity index (χ1n) is 7.17. The third-order valence-corrected chi connectivity index (χ3v) is 2.86. The van der Waals surface area contributed by atoms with Crippen LogP contribution in [0.15, 0.2) is 12.4 Å². The highest BCUT2D eigenvalue weighted by atomic mass is 16.5. The lowest BCUT2D eigenvalue weighted by Crippen LogP contribution is -2.31. The van der Waals surface area contributed by atoms with Gasteiger partial charge < -0.3 is 15.0 Å². The maximum absolute atomic E-state index is 11.8. The van der Waals surface area contributed by atoms with Gasteiger partial charge >= 0.3 is 0 Å². The van der Waals surface area contributed by atoms with Gasteiger partial charge in [0.1, 0.15) is 12.1 Å². The summed E-state index contributed by atoms with van der Waals surface area (Å²) in [5.74, 6) is 1.39. The highest BCUT2D eigenvalue weighted by molar-refractivity contribution is 5.76. The zero-order chi connectivity index (χ0) is 14.8. The summed E-state index contributed by atoms with van der Waals surface area (Å²) in [4.78, 5) is 21.8. The molecule has 20 heavy (non-hydrogen) atoms. The molecule has 112 valence electrons. The van der Waals surface area contributed by atoms with Gasteiger partial charge in [0.05, 0.1) is 6.61 Å². The molecule has 0 unspecified atom stereocenters. The van der Waals surface area contributed by atoms with Crippen molar-refractivity contribution < 1.29 is 9.53 Å². The van der Waals surface area contributed by atoms with Crippen molar-refractivity contribution in [3.8, 4) is 5.88 Å². The van der Waals surface area contributed by atoms with Crippen molar-refractivity contribution in [2.45, 2.75) is 33.6 Å². The van der Waals surface area contributed by atoms with E-state index in [1.54, 1.807) is 6.07 Å². The molecule has 1 N–H and O–H groups in total. The Morgan fingerprint density at radius 2 is 2.05 bits per heavy atom. The molecule has 1 amide bonds. The number of aromatic nitrogens is 2. The Morgan fingerprint density at radius 3 is 2.70 bits per heavy atom. The standard InChI is InChI=1S/C14H24N4O2/c1-4-9-20-13-10-12(16-11-17-13)15-8-7-14(19)18(5-2)6-3/h10-11H,4-9H2,1-3H3,(H,15,16,17). The van der Waals surface area contributed by atoms with Crippen LogP contribution in [-0.4, -0.2) is 47.0 Å². The minimum atomic E-state index is 0.152. The lowest BCUT2D eigenvalue weighted by Gasteiger charge is -2.18. The molecule has 1 aromatic heterocycles. The summed E-state index contributed by atoms with van der Waals surface area (Å²) in [5, 5.41) is 3.12. The predicted molar refractivity (Wildman–Crippen MR) is 78.9 cm³/mol. The average Bonchev–Trinajstić information content (AvgIpc) is 2.47. The molecule has 0 atom stereocenters. The highest BCUT2D eigenvalue weighted by Crippen LogP contribution is 2.11. The molecule has 0 aliphatic rings. The van der Waals surface area contributed by atoms with E-state index in [4.69, 9.17) is 4.74 Å². The highest BCUT2D eigenvalue weighted by Gasteiger charge is 2.08. The van der Waals surface area contributed by atoms with Crippen LogP contribution < -0.4 is 10.1 Å². The molecule has 0 aromatic carbocycles. The van der Waals surface area contributed by atoms with Gasteiger partial charge in [-0.3, -0.25) is 4.79 Å². The molecule has 6 nitrogen and oxygen atoms in total. The number of rotatable bonds is 9. The van der Waals surface area contributed by atoms with Gasteiger partial charge in [0.2, 0.25) is 11.8 Å². The van der Waals surface area contributed by atoms with Crippen LogP contribution in [0.5, 0.6) is 5.88 Å². The van der Waals surface area contributed by atoms with Crippen molar-refractivity contribution in [1.29, 1.82) is 0 Å². The number of ether oxygens (including phenoxy) is 1. The van der Waals surface area contributed by atoms with E-state index in [1.165, 1.54) is 6.33 Å². The minimum absolute atomic E-state index is 0.152. The smallest absolute Gasteiger partial charge is 0.224 e. The lowest BCUT2D eigenvalue weighted by atomic mass is 10.3. The van der Waals surface area contributed by atoms with Crippen LogP contribution in [0.1, 0.15) is 33.6 Å². The van der Waals surface area contributed by atoms with E-state index in [1.807, 2.05) is 25.7 Å². The zero-order valence-electron chi connectivity index (χ0n) is 12.6. The summed E-state index contributed by atoms with van der Waals surface area (Å²) < 4.78 is 5.43. The summed E-state index contributed by atoms with van der Waals surface area (Å²) in [6, 6.07) is 1.75. The molecule has 0 aliphatic heterocycles. The molecule has 1 aromatic rings. The van der Waals surface area contributed by atoms with E-state index in [2.05, 4.69) is 15.3 Å². The van der Waals surface area contributed by atoms with E-state index in [-0.39, 0.29) is 5.91 Å². The third-order valence-electron chi connectivity index (χ3n) is 2.86. The quantitative estimate of drug-likeness (QED) is 0.748. The average molecular weight is 280 g/mol. The molecular weight excluding hydrogens is 256 g/mol. The monoisotopic (exact) mass is 280 g/mol. The van der Waals surface area contributed by atoms with Crippen LogP contribution in [0.3, 0.4) is 0 Å². The molecule has 0 saturated heterocycles. The van der Waals surface area contributed by atoms with Crippen LogP contribution in [0.4, 0.5) is 5.82 Å². The summed E-state index contributed by atoms with van der Waals surface area (Å²) in [7, 11) is 0. The molecule has 0 radical (unpaired) electrons. The Bertz CT molecular complexity index is 408. The second kappa shape index (κ2) is 9.12. The van der Waals surface area contributed by atoms with Crippen molar-refractivity contribution in [2.75, 3.05) is 31.6 Å². The van der Waals surface area contributed by atoms with E-state index in [9.17, 15) is 4.79 Å². The fourth-order valence-electron chi connectivity index (χ4n) is 1.75. The first-order chi connectivity index (χ1) is 9.71. The molecule has 0 spiro atoms. The maximum atomic E-state index is 11.8. The van der Waals surface area contributed by atoms with Gasteiger partial charge in [-0.2, -0.15) is 0 Å². The second-order valence-corrected chi connectivity index (χ2v) is 4.33. The van der Waals surface area contributed by atoms with E-state index in [0.29, 0.717) is 31.3 Å². The minimum Gasteiger partial charge on any atom is -0.478 e. The van der Waals surface area contributed by atoms with Crippen LogP contribution in [-0.2, 0) is 4.79 Å². The largest absolute Gasteiger partial charge is 0.478 e. The SMILES string of the molecule is CCCOc1cc(NCCC(=O)N(CC)CC)ncn1. The molecule has 0 fully saturated rings. The summed E-state index contributed by atoms with van der Waals surface area (Å²) in [5.41, 5.74) is 0. The van der Waals surface area contributed by atoms with Crippen molar-refractivity contribution in [1.82, 2.24) is 14.9 Å². The molecular formula is C14H24N4O2. The Balaban J connectivity index is 2.39. The summed E-state index contributed by atoms with van der Waals surface area (Å²) >= 11 is 0. The topological polar surface area (TPSA) is 67.3 Å². The van der Waals surface area contributed by atoms with Gasteiger partial charge in [0.15, 0.2) is 0 Å². The van der Waals surface area contributed by atoms with Crippen LogP contribution in [0, 0.1) is 0 Å². The molecule has 0 bridgehead atoms. The van der Waals surface area contributed by atoms with Crippen molar-refractivity contribution in [3.05, 3.63) is 12.4 Å². The van der Waals surface area contributed by atoms with Gasteiger partial charge in [0, 0.05) is 32.1 Å². The van der Waals surface area contributed by atoms with E-state index < -0.39 is 0 Å². The van der Waals surface area contributed by atoms with Crippen molar-refractivity contribution >= 4 is 11.7 Å². The van der Waals surface area contributed by atoms with Gasteiger partial charge in [-0.25, -0.2) is 9.97 Å². The molecule has 1 rings (SSSR count). The predicted octanol–water partition coefficient (Wildman–Crippen LogP) is 1.94. The van der Waals surface area contributed by atoms with Gasteiger partial charge in [-0.05, 0) is 20.3 Å². The first kappa shape index (κ1) is 16.2. The molecule has 0 saturated carbocycles. The second-order valence-electron chi connectivity index (χ2n) is 4.33. The fraction of sp³-hybridized carbons (Fsp3) is 0.643. The van der Waals surface area contributed by atoms with Crippen LogP contribution in [0.2, 0.25) is 0 Å². The molecule has 1 heterocycles. The zero-order valence-corrected chi connectivity index (χ0v) is 12.6. The number of nitrogens with one attached hydrogen (secondary N) is 1. The number of carbonyl (C=O) groups is 1. The van der Waals surface area contributed by atoms with Gasteiger partial charge in [-0.1, -0.05) is 6.92 Å². The number of hydrogen-bond acceptors (Lipinski definition) is 5. The molecule has 6 heteroatoms.